The molecule has 11 nitrogen and oxygen atoms in total. The van der Waals surface area contributed by atoms with E-state index in [4.69, 9.17) is 9.47 Å². The maximum Gasteiger partial charge on any atom is 0.325 e. The second-order valence-corrected chi connectivity index (χ2v) is 10.9. The highest BCUT2D eigenvalue weighted by atomic mass is 32.2. The molecule has 2 aliphatic heterocycles. The summed E-state index contributed by atoms with van der Waals surface area (Å²) < 4.78 is 38.8. The lowest BCUT2D eigenvalue weighted by molar-refractivity contribution is -0.131. The molecule has 1 aromatic heterocycles. The SMILES string of the molecule is CCn1c(CN2C(=O)N[C@](C)(c3ccc4c(c3)OCO4)C2=O)nc2cc(S(=O)(=O)N(C)C)ccc21. The van der Waals surface area contributed by atoms with Gasteiger partial charge < -0.3 is 19.4 Å². The van der Waals surface area contributed by atoms with E-state index in [9.17, 15) is 18.0 Å². The Morgan fingerprint density at radius 3 is 2.57 bits per heavy atom. The van der Waals surface area contributed by atoms with Gasteiger partial charge in [0.2, 0.25) is 16.8 Å². The number of amides is 3. The van der Waals surface area contributed by atoms with E-state index in [-0.39, 0.29) is 18.2 Å². The molecule has 0 bridgehead atoms. The van der Waals surface area contributed by atoms with E-state index in [0.29, 0.717) is 40.5 Å². The molecule has 0 aliphatic carbocycles. The van der Waals surface area contributed by atoms with Crippen molar-refractivity contribution in [1.82, 2.24) is 24.1 Å². The third kappa shape index (κ3) is 3.51. The number of nitrogens with one attached hydrogen (secondary N) is 1. The lowest BCUT2D eigenvalue weighted by atomic mass is 9.91. The standard InChI is InChI=1S/C23H25N5O6S/c1-5-27-17-8-7-15(35(31,32)26(3)4)11-16(17)24-20(27)12-28-21(29)23(2,25-22(28)30)14-6-9-18-19(10-14)34-13-33-18/h6-11H,5,12-13H2,1-4H3,(H,25,30)/t23-/m1/s1. The summed E-state index contributed by atoms with van der Waals surface area (Å²) in [5.74, 6) is 1.14. The van der Waals surface area contributed by atoms with Gasteiger partial charge in [-0.15, -0.1) is 0 Å². The van der Waals surface area contributed by atoms with Crippen LogP contribution in [0.25, 0.3) is 11.0 Å². The van der Waals surface area contributed by atoms with Gasteiger partial charge in [-0.25, -0.2) is 22.5 Å². The Kier molecular flexibility index (Phi) is 5.25. The van der Waals surface area contributed by atoms with Crippen molar-refractivity contribution < 1.29 is 27.5 Å². The first kappa shape index (κ1) is 23.1. The van der Waals surface area contributed by atoms with Crippen molar-refractivity contribution in [2.75, 3.05) is 20.9 Å². The van der Waals surface area contributed by atoms with Crippen molar-refractivity contribution >= 4 is 33.0 Å². The molecule has 2 aromatic carbocycles. The maximum atomic E-state index is 13.5. The summed E-state index contributed by atoms with van der Waals surface area (Å²) >= 11 is 0. The number of hydrogen-bond donors (Lipinski definition) is 1. The number of aromatic nitrogens is 2. The van der Waals surface area contributed by atoms with Gasteiger partial charge in [0.1, 0.15) is 11.4 Å². The van der Waals surface area contributed by atoms with Gasteiger partial charge in [-0.2, -0.15) is 0 Å². The molecule has 0 unspecified atom stereocenters. The number of rotatable bonds is 6. The number of ether oxygens (including phenoxy) is 2. The van der Waals surface area contributed by atoms with Crippen LogP contribution in [0.1, 0.15) is 25.2 Å². The van der Waals surface area contributed by atoms with Crippen LogP contribution in [0, 0.1) is 0 Å². The lowest BCUT2D eigenvalue weighted by Crippen LogP contribution is -2.40. The molecular formula is C23H25N5O6S. The monoisotopic (exact) mass is 499 g/mol. The Bertz CT molecular complexity index is 1480. The first-order valence-corrected chi connectivity index (χ1v) is 12.5. The van der Waals surface area contributed by atoms with E-state index in [0.717, 1.165) is 9.21 Å². The summed E-state index contributed by atoms with van der Waals surface area (Å²) in [6.07, 6.45) is 0. The third-order valence-electron chi connectivity index (χ3n) is 6.42. The van der Waals surface area contributed by atoms with Gasteiger partial charge in [-0.3, -0.25) is 9.69 Å². The van der Waals surface area contributed by atoms with Gasteiger partial charge in [0.25, 0.3) is 5.91 Å². The van der Waals surface area contributed by atoms with Crippen molar-refractivity contribution in [2.45, 2.75) is 37.4 Å². The minimum Gasteiger partial charge on any atom is -0.454 e. The smallest absolute Gasteiger partial charge is 0.325 e. The minimum atomic E-state index is -3.63. The van der Waals surface area contributed by atoms with Gasteiger partial charge in [-0.1, -0.05) is 6.07 Å². The van der Waals surface area contributed by atoms with Crippen molar-refractivity contribution in [3.05, 3.63) is 47.8 Å². The van der Waals surface area contributed by atoms with Crippen molar-refractivity contribution in [2.24, 2.45) is 0 Å². The summed E-state index contributed by atoms with van der Waals surface area (Å²) in [5, 5.41) is 2.79. The molecule has 1 atom stereocenters. The molecule has 5 rings (SSSR count). The molecule has 2 aliphatic rings. The molecule has 12 heteroatoms. The summed E-state index contributed by atoms with van der Waals surface area (Å²) in [5.41, 5.74) is 0.472. The molecule has 0 spiro atoms. The number of nitrogens with zero attached hydrogens (tertiary/aromatic N) is 4. The van der Waals surface area contributed by atoms with Crippen LogP contribution in [0.4, 0.5) is 4.79 Å². The van der Waals surface area contributed by atoms with Gasteiger partial charge >= 0.3 is 6.03 Å². The highest BCUT2D eigenvalue weighted by Crippen LogP contribution is 2.38. The molecule has 35 heavy (non-hydrogen) atoms. The number of carbonyl (C=O) groups is 2. The molecular weight excluding hydrogens is 474 g/mol. The normalized spacial score (nSPS) is 19.7. The number of sulfonamides is 1. The number of imide groups is 1. The number of aryl methyl sites for hydroxylation is 1. The van der Waals surface area contributed by atoms with Gasteiger partial charge in [0, 0.05) is 20.6 Å². The number of benzene rings is 2. The van der Waals surface area contributed by atoms with Crippen LogP contribution in [0.5, 0.6) is 11.5 Å². The summed E-state index contributed by atoms with van der Waals surface area (Å²) in [6.45, 7) is 4.12. The Balaban J connectivity index is 1.48. The van der Waals surface area contributed by atoms with Crippen LogP contribution in [0.2, 0.25) is 0 Å². The largest absolute Gasteiger partial charge is 0.454 e. The number of hydrogen-bond acceptors (Lipinski definition) is 7. The summed E-state index contributed by atoms with van der Waals surface area (Å²) in [4.78, 5) is 32.2. The molecule has 0 radical (unpaired) electrons. The van der Waals surface area contributed by atoms with Crippen LogP contribution < -0.4 is 14.8 Å². The number of fused-ring (bicyclic) bond motifs is 2. The number of carbonyl (C=O) groups excluding carboxylic acids is 2. The van der Waals surface area contributed by atoms with Gasteiger partial charge in [-0.05, 0) is 49.7 Å². The molecule has 1 saturated heterocycles. The predicted octanol–water partition coefficient (Wildman–Crippen LogP) is 2.00. The second kappa shape index (κ2) is 7.95. The first-order chi connectivity index (χ1) is 16.6. The molecule has 3 aromatic rings. The van der Waals surface area contributed by atoms with E-state index >= 15 is 0 Å². The zero-order valence-corrected chi connectivity index (χ0v) is 20.5. The van der Waals surface area contributed by atoms with E-state index in [1.807, 2.05) is 11.5 Å². The highest BCUT2D eigenvalue weighted by molar-refractivity contribution is 7.89. The second-order valence-electron chi connectivity index (χ2n) is 8.72. The van der Waals surface area contributed by atoms with E-state index in [1.165, 1.54) is 26.2 Å². The Hall–Kier alpha value is -3.64. The fourth-order valence-electron chi connectivity index (χ4n) is 4.39. The quantitative estimate of drug-likeness (QED) is 0.515. The number of urea groups is 1. The zero-order chi connectivity index (χ0) is 25.1. The molecule has 3 amide bonds. The number of imidazole rings is 1. The predicted molar refractivity (Wildman–Crippen MR) is 125 cm³/mol. The van der Waals surface area contributed by atoms with Crippen LogP contribution in [0.15, 0.2) is 41.3 Å². The molecule has 184 valence electrons. The highest BCUT2D eigenvalue weighted by Gasteiger charge is 2.49. The van der Waals surface area contributed by atoms with Crippen molar-refractivity contribution in [3.8, 4) is 11.5 Å². The zero-order valence-electron chi connectivity index (χ0n) is 19.7. The van der Waals surface area contributed by atoms with Crippen molar-refractivity contribution in [1.29, 1.82) is 0 Å². The van der Waals surface area contributed by atoms with E-state index < -0.39 is 27.5 Å². The van der Waals surface area contributed by atoms with Crippen LogP contribution in [-0.2, 0) is 33.4 Å². The minimum absolute atomic E-state index is 0.0664. The van der Waals surface area contributed by atoms with E-state index in [1.54, 1.807) is 31.2 Å². The fraction of sp³-hybridized carbons (Fsp3) is 0.348. The maximum absolute atomic E-state index is 13.5. The third-order valence-corrected chi connectivity index (χ3v) is 8.23. The molecule has 1 fully saturated rings. The first-order valence-electron chi connectivity index (χ1n) is 11.0. The summed E-state index contributed by atoms with van der Waals surface area (Å²) in [6, 6.07) is 9.31. The van der Waals surface area contributed by atoms with Crippen LogP contribution in [-0.4, -0.2) is 60.0 Å². The average molecular weight is 500 g/mol. The Labute approximate surface area is 202 Å². The van der Waals surface area contributed by atoms with Gasteiger partial charge in [0.05, 0.1) is 22.5 Å². The Morgan fingerprint density at radius 2 is 1.86 bits per heavy atom. The Morgan fingerprint density at radius 1 is 1.11 bits per heavy atom. The van der Waals surface area contributed by atoms with E-state index in [2.05, 4.69) is 10.3 Å². The fourth-order valence-corrected chi connectivity index (χ4v) is 5.31. The molecule has 1 N–H and O–H groups in total. The topological polar surface area (TPSA) is 123 Å². The molecule has 0 saturated carbocycles. The lowest BCUT2D eigenvalue weighted by Gasteiger charge is -2.22. The van der Waals surface area contributed by atoms with Crippen molar-refractivity contribution in [3.63, 3.8) is 0 Å². The van der Waals surface area contributed by atoms with Crippen LogP contribution in [0.3, 0.4) is 0 Å². The van der Waals surface area contributed by atoms with Crippen LogP contribution >= 0.6 is 0 Å². The van der Waals surface area contributed by atoms with Gasteiger partial charge in [0.15, 0.2) is 11.5 Å². The summed E-state index contributed by atoms with van der Waals surface area (Å²) in [7, 11) is -0.708. The molecule has 3 heterocycles. The average Bonchev–Trinajstić information content (AvgIpc) is 3.49.